The smallest absolute Gasteiger partial charge is 0.264 e. The van der Waals surface area contributed by atoms with Crippen molar-refractivity contribution in [1.29, 1.82) is 0 Å². The zero-order valence-electron chi connectivity index (χ0n) is 8.18. The highest BCUT2D eigenvalue weighted by Crippen LogP contribution is 2.31. The molecule has 0 N–H and O–H groups in total. The third-order valence-electron chi connectivity index (χ3n) is 1.73. The van der Waals surface area contributed by atoms with E-state index in [0.29, 0.717) is 10.8 Å². The summed E-state index contributed by atoms with van der Waals surface area (Å²) < 4.78 is 6.26. The molecule has 0 aliphatic carbocycles. The van der Waals surface area contributed by atoms with Crippen molar-refractivity contribution in [1.82, 2.24) is 0 Å². The molecular weight excluding hydrogens is 303 g/mol. The summed E-state index contributed by atoms with van der Waals surface area (Å²) in [4.78, 5) is 11.0. The third-order valence-corrected chi connectivity index (χ3v) is 2.98. The van der Waals surface area contributed by atoms with E-state index in [1.54, 1.807) is 32.0 Å². The minimum Gasteiger partial charge on any atom is -0.477 e. The molecule has 82 valence electrons. The number of carbonyl (C=O) groups excluding carboxylic acids is 1. The van der Waals surface area contributed by atoms with Gasteiger partial charge in [0.15, 0.2) is 5.60 Å². The lowest BCUT2D eigenvalue weighted by atomic mass is 10.1. The van der Waals surface area contributed by atoms with Crippen LogP contribution in [-0.4, -0.2) is 10.8 Å². The van der Waals surface area contributed by atoms with Gasteiger partial charge in [-0.05, 0) is 43.6 Å². The van der Waals surface area contributed by atoms with Crippen molar-refractivity contribution in [3.05, 3.63) is 27.7 Å². The predicted molar refractivity (Wildman–Crippen MR) is 64.7 cm³/mol. The van der Waals surface area contributed by atoms with Crippen LogP contribution >= 0.6 is 39.1 Å². The Labute approximate surface area is 107 Å². The van der Waals surface area contributed by atoms with Gasteiger partial charge in [-0.3, -0.25) is 4.79 Å². The van der Waals surface area contributed by atoms with Crippen LogP contribution in [0.3, 0.4) is 0 Å². The quantitative estimate of drug-likeness (QED) is 0.788. The summed E-state index contributed by atoms with van der Waals surface area (Å²) in [5.74, 6) is 0.430. The van der Waals surface area contributed by atoms with Crippen molar-refractivity contribution in [3.8, 4) is 5.75 Å². The van der Waals surface area contributed by atoms with E-state index >= 15 is 0 Å². The zero-order valence-corrected chi connectivity index (χ0v) is 11.3. The first-order valence-electron chi connectivity index (χ1n) is 4.17. The Morgan fingerprint density at radius 3 is 2.53 bits per heavy atom. The van der Waals surface area contributed by atoms with Crippen molar-refractivity contribution in [3.63, 3.8) is 0 Å². The highest BCUT2D eigenvalue weighted by atomic mass is 79.9. The van der Waals surface area contributed by atoms with Gasteiger partial charge in [-0.15, -0.1) is 0 Å². The fourth-order valence-corrected chi connectivity index (χ4v) is 1.62. The Hall–Kier alpha value is -0.250. The second kappa shape index (κ2) is 4.73. The average Bonchev–Trinajstić information content (AvgIpc) is 2.09. The molecule has 5 heteroatoms. The van der Waals surface area contributed by atoms with Gasteiger partial charge in [-0.2, -0.15) is 0 Å². The van der Waals surface area contributed by atoms with E-state index in [4.69, 9.17) is 27.9 Å². The van der Waals surface area contributed by atoms with Crippen LogP contribution in [0.2, 0.25) is 5.02 Å². The van der Waals surface area contributed by atoms with Crippen LogP contribution in [0.5, 0.6) is 5.75 Å². The molecule has 0 amide bonds. The van der Waals surface area contributed by atoms with Gasteiger partial charge in [0.05, 0.1) is 5.02 Å². The van der Waals surface area contributed by atoms with Gasteiger partial charge in [0.1, 0.15) is 5.75 Å². The maximum Gasteiger partial charge on any atom is 0.264 e. The fourth-order valence-electron chi connectivity index (χ4n) is 0.873. The average molecular weight is 312 g/mol. The minimum absolute atomic E-state index is 0.426. The number of benzene rings is 1. The normalized spacial score (nSPS) is 11.3. The van der Waals surface area contributed by atoms with Gasteiger partial charge in [-0.1, -0.05) is 27.5 Å². The second-order valence-corrected chi connectivity index (χ2v) is 5.13. The maximum absolute atomic E-state index is 11.0. The molecule has 2 nitrogen and oxygen atoms in total. The van der Waals surface area contributed by atoms with E-state index in [1.165, 1.54) is 0 Å². The molecule has 0 heterocycles. The molecule has 0 radical (unpaired) electrons. The van der Waals surface area contributed by atoms with E-state index in [9.17, 15) is 4.79 Å². The molecule has 0 bridgehead atoms. The third kappa shape index (κ3) is 3.37. The van der Waals surface area contributed by atoms with Crippen LogP contribution in [0.25, 0.3) is 0 Å². The molecule has 0 aliphatic heterocycles. The molecule has 0 aromatic heterocycles. The van der Waals surface area contributed by atoms with Gasteiger partial charge in [0, 0.05) is 4.47 Å². The molecule has 0 atom stereocenters. The Morgan fingerprint density at radius 2 is 2.07 bits per heavy atom. The van der Waals surface area contributed by atoms with Crippen molar-refractivity contribution in [2.45, 2.75) is 19.4 Å². The van der Waals surface area contributed by atoms with Crippen LogP contribution < -0.4 is 4.74 Å². The molecule has 1 aromatic rings. The summed E-state index contributed by atoms with van der Waals surface area (Å²) in [7, 11) is 0. The highest BCUT2D eigenvalue weighted by Gasteiger charge is 2.28. The van der Waals surface area contributed by atoms with E-state index in [-0.39, 0.29) is 0 Å². The minimum atomic E-state index is -1.08. The summed E-state index contributed by atoms with van der Waals surface area (Å²) in [6.45, 7) is 3.17. The first-order chi connectivity index (χ1) is 6.83. The van der Waals surface area contributed by atoms with Gasteiger partial charge in [0.2, 0.25) is 0 Å². The largest absolute Gasteiger partial charge is 0.477 e. The second-order valence-electron chi connectivity index (χ2n) is 3.46. The standard InChI is InChI=1S/C10H9BrCl2O2/c1-10(2,9(13)14)15-8-4-3-6(11)5-7(8)12/h3-5H,1-2H3. The van der Waals surface area contributed by atoms with Gasteiger partial charge in [-0.25, -0.2) is 0 Å². The summed E-state index contributed by atoms with van der Waals surface area (Å²) in [5, 5.41) is -0.142. The molecule has 0 unspecified atom stereocenters. The van der Waals surface area contributed by atoms with Crippen LogP contribution in [0.15, 0.2) is 22.7 Å². The number of carbonyl (C=O) groups is 1. The lowest BCUT2D eigenvalue weighted by Gasteiger charge is -2.22. The number of halogens is 3. The Bertz CT molecular complexity index is 391. The topological polar surface area (TPSA) is 26.3 Å². The van der Waals surface area contributed by atoms with E-state index in [0.717, 1.165) is 4.47 Å². The maximum atomic E-state index is 11.0. The number of rotatable bonds is 3. The first-order valence-corrected chi connectivity index (χ1v) is 5.72. The molecule has 0 aliphatic rings. The zero-order chi connectivity index (χ0) is 11.6. The summed E-state index contributed by atoms with van der Waals surface area (Å²) >= 11 is 14.6. The summed E-state index contributed by atoms with van der Waals surface area (Å²) in [5.41, 5.74) is -1.08. The van der Waals surface area contributed by atoms with Crippen LogP contribution in [0.1, 0.15) is 13.8 Å². The van der Waals surface area contributed by atoms with Gasteiger partial charge in [0.25, 0.3) is 5.24 Å². The van der Waals surface area contributed by atoms with Crippen molar-refractivity contribution >= 4 is 44.4 Å². The lowest BCUT2D eigenvalue weighted by molar-refractivity contribution is -0.123. The molecule has 15 heavy (non-hydrogen) atoms. The monoisotopic (exact) mass is 310 g/mol. The van der Waals surface area contributed by atoms with Crippen molar-refractivity contribution < 1.29 is 9.53 Å². The van der Waals surface area contributed by atoms with Crippen molar-refractivity contribution in [2.75, 3.05) is 0 Å². The molecule has 0 fully saturated rings. The van der Waals surface area contributed by atoms with Crippen molar-refractivity contribution in [2.24, 2.45) is 0 Å². The predicted octanol–water partition coefficient (Wildman–Crippen LogP) is 4.03. The Balaban J connectivity index is 2.95. The van der Waals surface area contributed by atoms with E-state index in [2.05, 4.69) is 15.9 Å². The Kier molecular flexibility index (Phi) is 4.04. The number of ether oxygens (including phenoxy) is 1. The fraction of sp³-hybridized carbons (Fsp3) is 0.300. The summed E-state index contributed by atoms with van der Waals surface area (Å²) in [6, 6.07) is 5.13. The van der Waals surface area contributed by atoms with Crippen LogP contribution in [0.4, 0.5) is 0 Å². The number of hydrogen-bond acceptors (Lipinski definition) is 2. The van der Waals surface area contributed by atoms with Gasteiger partial charge >= 0.3 is 0 Å². The van der Waals surface area contributed by atoms with Crippen LogP contribution in [0, 0.1) is 0 Å². The molecule has 0 spiro atoms. The highest BCUT2D eigenvalue weighted by molar-refractivity contribution is 9.10. The van der Waals surface area contributed by atoms with Gasteiger partial charge < -0.3 is 4.74 Å². The SMILES string of the molecule is CC(C)(Oc1ccc(Br)cc1Cl)C(=O)Cl. The lowest BCUT2D eigenvalue weighted by Crippen LogP contribution is -2.34. The Morgan fingerprint density at radius 1 is 1.47 bits per heavy atom. The molecule has 0 saturated carbocycles. The van der Waals surface area contributed by atoms with E-state index in [1.807, 2.05) is 0 Å². The van der Waals surface area contributed by atoms with Crippen LogP contribution in [-0.2, 0) is 4.79 Å². The van der Waals surface area contributed by atoms with E-state index < -0.39 is 10.8 Å². The molecule has 1 aromatic carbocycles. The molecule has 0 saturated heterocycles. The molecule has 1 rings (SSSR count). The first kappa shape index (κ1) is 12.8. The number of hydrogen-bond donors (Lipinski definition) is 0. The molecular formula is C10H9BrCl2O2. The summed E-state index contributed by atoms with van der Waals surface area (Å²) in [6.07, 6.45) is 0.